The molecule has 2 saturated heterocycles. The Morgan fingerprint density at radius 2 is 1.64 bits per heavy atom. The Bertz CT molecular complexity index is 394. The van der Waals surface area contributed by atoms with Crippen molar-refractivity contribution in [3.05, 3.63) is 0 Å². The van der Waals surface area contributed by atoms with Crippen LogP contribution in [0.15, 0.2) is 4.99 Å². The lowest BCUT2D eigenvalue weighted by Gasteiger charge is -2.62. The summed E-state index contributed by atoms with van der Waals surface area (Å²) in [7, 11) is 1.89. The molecule has 0 bridgehead atoms. The molecule has 2 rings (SSSR count). The molecule has 0 atom stereocenters. The smallest absolute Gasteiger partial charge is 0.194 e. The van der Waals surface area contributed by atoms with Crippen molar-refractivity contribution >= 4 is 5.96 Å². The quantitative estimate of drug-likeness (QED) is 0.627. The normalized spacial score (nSPS) is 25.9. The largest absolute Gasteiger partial charge is 0.355 e. The maximum absolute atomic E-state index is 4.48. The van der Waals surface area contributed by atoms with Crippen LogP contribution in [-0.4, -0.2) is 85.6 Å². The summed E-state index contributed by atoms with van der Waals surface area (Å²) in [6.45, 7) is 20.7. The molecule has 0 aliphatic carbocycles. The third-order valence-electron chi connectivity index (χ3n) is 5.98. The van der Waals surface area contributed by atoms with E-state index in [1.54, 1.807) is 0 Å². The molecular weight excluding hydrogens is 274 g/mol. The van der Waals surface area contributed by atoms with Gasteiger partial charge < -0.3 is 15.1 Å². The average molecular weight is 310 g/mol. The van der Waals surface area contributed by atoms with Gasteiger partial charge in [-0.3, -0.25) is 9.89 Å². The second-order valence-electron chi connectivity index (χ2n) is 7.78. The second kappa shape index (κ2) is 6.75. The highest BCUT2D eigenvalue weighted by molar-refractivity contribution is 5.82. The standard InChI is InChI=1S/C17H35N5/c1-7-20-10-12-21(13-11-20)9-8-19-15(18-6)22-14-16(2,3)17(22,4)5/h7-14H2,1-6H3,(H,18,19). The van der Waals surface area contributed by atoms with Gasteiger partial charge in [-0.05, 0) is 20.4 Å². The number of aliphatic imine (C=N–C) groups is 1. The molecule has 5 nitrogen and oxygen atoms in total. The third-order valence-corrected chi connectivity index (χ3v) is 5.98. The van der Waals surface area contributed by atoms with Crippen molar-refractivity contribution in [1.82, 2.24) is 20.0 Å². The summed E-state index contributed by atoms with van der Waals surface area (Å²) < 4.78 is 0. The van der Waals surface area contributed by atoms with E-state index >= 15 is 0 Å². The van der Waals surface area contributed by atoms with Crippen LogP contribution < -0.4 is 5.32 Å². The van der Waals surface area contributed by atoms with Crippen LogP contribution in [-0.2, 0) is 0 Å². The maximum atomic E-state index is 4.48. The number of likely N-dealkylation sites (tertiary alicyclic amines) is 1. The van der Waals surface area contributed by atoms with Gasteiger partial charge in [-0.15, -0.1) is 0 Å². The van der Waals surface area contributed by atoms with E-state index in [-0.39, 0.29) is 5.54 Å². The van der Waals surface area contributed by atoms with Gasteiger partial charge >= 0.3 is 0 Å². The first-order valence-corrected chi connectivity index (χ1v) is 8.75. The van der Waals surface area contributed by atoms with Gasteiger partial charge in [0, 0.05) is 63.8 Å². The number of likely N-dealkylation sites (N-methyl/N-ethyl adjacent to an activating group) is 1. The van der Waals surface area contributed by atoms with Gasteiger partial charge in [0.1, 0.15) is 0 Å². The molecule has 2 aliphatic rings. The summed E-state index contributed by atoms with van der Waals surface area (Å²) >= 11 is 0. The molecule has 0 aromatic rings. The molecule has 128 valence electrons. The predicted molar refractivity (Wildman–Crippen MR) is 94.5 cm³/mol. The topological polar surface area (TPSA) is 34.1 Å². The van der Waals surface area contributed by atoms with Crippen molar-refractivity contribution in [3.63, 3.8) is 0 Å². The Hall–Kier alpha value is -0.810. The summed E-state index contributed by atoms with van der Waals surface area (Å²) in [5, 5.41) is 3.56. The molecule has 0 aromatic carbocycles. The SMILES string of the molecule is CCN1CCN(CCNC(=NC)N2CC(C)(C)C2(C)C)CC1. The fourth-order valence-electron chi connectivity index (χ4n) is 3.35. The number of rotatable bonds is 4. The monoisotopic (exact) mass is 309 g/mol. The first-order chi connectivity index (χ1) is 10.3. The number of nitrogens with zero attached hydrogens (tertiary/aromatic N) is 4. The van der Waals surface area contributed by atoms with Gasteiger partial charge in [-0.2, -0.15) is 0 Å². The minimum absolute atomic E-state index is 0.168. The lowest BCUT2D eigenvalue weighted by atomic mass is 9.65. The minimum atomic E-state index is 0.168. The molecule has 1 N–H and O–H groups in total. The minimum Gasteiger partial charge on any atom is -0.355 e. The van der Waals surface area contributed by atoms with Crippen LogP contribution in [0.1, 0.15) is 34.6 Å². The van der Waals surface area contributed by atoms with Crippen LogP contribution in [0.25, 0.3) is 0 Å². The number of piperazine rings is 1. The number of guanidine groups is 1. The first-order valence-electron chi connectivity index (χ1n) is 8.75. The van der Waals surface area contributed by atoms with Crippen molar-refractivity contribution in [2.75, 3.05) is 59.4 Å². The summed E-state index contributed by atoms with van der Waals surface area (Å²) in [4.78, 5) is 12.0. The zero-order valence-electron chi connectivity index (χ0n) is 15.4. The summed E-state index contributed by atoms with van der Waals surface area (Å²) in [5.41, 5.74) is 0.517. The van der Waals surface area contributed by atoms with Crippen LogP contribution in [0.4, 0.5) is 0 Å². The van der Waals surface area contributed by atoms with E-state index in [1.807, 2.05) is 7.05 Å². The van der Waals surface area contributed by atoms with Gasteiger partial charge in [0.05, 0.1) is 0 Å². The average Bonchev–Trinajstić information content (AvgIpc) is 2.50. The molecule has 2 aliphatic heterocycles. The zero-order chi connectivity index (χ0) is 16.4. The highest BCUT2D eigenvalue weighted by atomic mass is 15.4. The maximum Gasteiger partial charge on any atom is 0.194 e. The Morgan fingerprint density at radius 3 is 2.09 bits per heavy atom. The molecule has 2 fully saturated rings. The van der Waals surface area contributed by atoms with E-state index in [0.717, 1.165) is 25.6 Å². The second-order valence-corrected chi connectivity index (χ2v) is 7.78. The van der Waals surface area contributed by atoms with Crippen molar-refractivity contribution in [3.8, 4) is 0 Å². The van der Waals surface area contributed by atoms with E-state index < -0.39 is 0 Å². The van der Waals surface area contributed by atoms with E-state index in [0.29, 0.717) is 5.41 Å². The van der Waals surface area contributed by atoms with Crippen molar-refractivity contribution in [1.29, 1.82) is 0 Å². The Balaban J connectivity index is 1.74. The molecule has 2 heterocycles. The molecule has 0 aromatic heterocycles. The number of hydrogen-bond acceptors (Lipinski definition) is 3. The highest BCUT2D eigenvalue weighted by Gasteiger charge is 2.53. The lowest BCUT2D eigenvalue weighted by Crippen LogP contribution is -2.72. The van der Waals surface area contributed by atoms with E-state index in [2.05, 4.69) is 59.6 Å². The van der Waals surface area contributed by atoms with Gasteiger partial charge in [-0.25, -0.2) is 0 Å². The van der Waals surface area contributed by atoms with Gasteiger partial charge in [-0.1, -0.05) is 20.8 Å². The van der Waals surface area contributed by atoms with E-state index in [1.165, 1.54) is 32.7 Å². The van der Waals surface area contributed by atoms with Crippen molar-refractivity contribution in [2.24, 2.45) is 10.4 Å². The molecule has 5 heteroatoms. The van der Waals surface area contributed by atoms with Gasteiger partial charge in [0.2, 0.25) is 0 Å². The Morgan fingerprint density at radius 1 is 1.05 bits per heavy atom. The van der Waals surface area contributed by atoms with Crippen LogP contribution >= 0.6 is 0 Å². The summed E-state index contributed by atoms with van der Waals surface area (Å²) in [6.07, 6.45) is 0. The zero-order valence-corrected chi connectivity index (χ0v) is 15.4. The summed E-state index contributed by atoms with van der Waals surface area (Å²) in [5.74, 6) is 1.05. The molecular formula is C17H35N5. The number of hydrogen-bond donors (Lipinski definition) is 1. The van der Waals surface area contributed by atoms with Crippen LogP contribution in [0.2, 0.25) is 0 Å². The number of nitrogens with one attached hydrogen (secondary N) is 1. The van der Waals surface area contributed by atoms with Crippen LogP contribution in [0.3, 0.4) is 0 Å². The fourth-order valence-corrected chi connectivity index (χ4v) is 3.35. The lowest BCUT2D eigenvalue weighted by molar-refractivity contribution is -0.0667. The Kier molecular flexibility index (Phi) is 5.38. The van der Waals surface area contributed by atoms with Crippen LogP contribution in [0.5, 0.6) is 0 Å². The predicted octanol–water partition coefficient (Wildman–Crippen LogP) is 1.32. The van der Waals surface area contributed by atoms with Crippen molar-refractivity contribution < 1.29 is 0 Å². The molecule has 0 unspecified atom stereocenters. The first kappa shape index (κ1) is 17.5. The molecule has 0 saturated carbocycles. The molecule has 0 spiro atoms. The van der Waals surface area contributed by atoms with E-state index in [4.69, 9.17) is 0 Å². The van der Waals surface area contributed by atoms with Gasteiger partial charge in [0.25, 0.3) is 0 Å². The third kappa shape index (κ3) is 3.40. The molecule has 0 radical (unpaired) electrons. The molecule has 0 amide bonds. The fraction of sp³-hybridized carbons (Fsp3) is 0.941. The van der Waals surface area contributed by atoms with Crippen molar-refractivity contribution in [2.45, 2.75) is 40.2 Å². The highest BCUT2D eigenvalue weighted by Crippen LogP contribution is 2.46. The van der Waals surface area contributed by atoms with E-state index in [9.17, 15) is 0 Å². The molecule has 22 heavy (non-hydrogen) atoms. The van der Waals surface area contributed by atoms with Crippen LogP contribution in [0, 0.1) is 5.41 Å². The van der Waals surface area contributed by atoms with Gasteiger partial charge in [0.15, 0.2) is 5.96 Å². The summed E-state index contributed by atoms with van der Waals surface area (Å²) in [6, 6.07) is 0. The Labute approximate surface area is 136 Å².